The molecule has 4 heteroatoms. The van der Waals surface area contributed by atoms with E-state index in [-0.39, 0.29) is 0 Å². The molecule has 0 amide bonds. The summed E-state index contributed by atoms with van der Waals surface area (Å²) in [6, 6.07) is 68.5. The van der Waals surface area contributed by atoms with Gasteiger partial charge in [-0.3, -0.25) is 15.8 Å². The molecule has 4 nitrogen and oxygen atoms in total. The van der Waals surface area contributed by atoms with Crippen molar-refractivity contribution < 1.29 is 0 Å². The molecule has 0 radical (unpaired) electrons. The normalized spacial score (nSPS) is 13.5. The van der Waals surface area contributed by atoms with Gasteiger partial charge in [-0.1, -0.05) is 170 Å². The maximum Gasteiger partial charge on any atom is 0.109 e. The van der Waals surface area contributed by atoms with Gasteiger partial charge in [-0.15, -0.1) is 0 Å². The summed E-state index contributed by atoms with van der Waals surface area (Å²) in [7, 11) is 0. The SMILES string of the molecule is C=C(/C=N\c1ccccc1)c1ccc(N/N=C2/C=C(c3ccc4c(-c5ccc6ccccc6c5)c5ccccc5c(-c5ccc6ccccc6c5)c4c3)C=CC2=N)c2ccccc12. The number of para-hydroxylation sites is 1. The molecule has 10 aromatic rings. The number of fused-ring (bicyclic) bond motifs is 5. The predicted molar refractivity (Wildman–Crippen MR) is 271 cm³/mol. The smallest absolute Gasteiger partial charge is 0.109 e. The van der Waals surface area contributed by atoms with Gasteiger partial charge < -0.3 is 0 Å². The van der Waals surface area contributed by atoms with Crippen LogP contribution < -0.4 is 5.43 Å². The number of nitrogens with one attached hydrogen (secondary N) is 2. The third-order valence-electron chi connectivity index (χ3n) is 12.1. The van der Waals surface area contributed by atoms with Crippen LogP contribution in [0.3, 0.4) is 0 Å². The Morgan fingerprint density at radius 3 is 1.71 bits per heavy atom. The predicted octanol–water partition coefficient (Wildman–Crippen LogP) is 15.6. The summed E-state index contributed by atoms with van der Waals surface area (Å²) in [6.07, 6.45) is 7.69. The molecule has 10 aromatic carbocycles. The maximum atomic E-state index is 8.92. The standard InChI is InChI=1S/C59H40N4/c1-38(37-61-47-17-3-2-4-18-47)48-30-32-56(50-20-10-9-19-49(48)50)62-63-57-36-44(28-31-55(57)60)43-27-29-53-54(35-43)59(46-26-24-40-14-6-8-16-42(40)34-46)52-22-12-11-21-51(52)58(53)45-25-23-39-13-5-7-15-41(39)33-45/h2-37,60,62H,1H2/b60-55?,61-37-,63-57-. The van der Waals surface area contributed by atoms with Crippen LogP contribution in [0.15, 0.2) is 229 Å². The van der Waals surface area contributed by atoms with Gasteiger partial charge in [0.1, 0.15) is 5.71 Å². The highest BCUT2D eigenvalue weighted by Gasteiger charge is 2.20. The second-order valence-corrected chi connectivity index (χ2v) is 16.0. The molecule has 1 aliphatic rings. The van der Waals surface area contributed by atoms with Crippen molar-refractivity contribution in [3.63, 3.8) is 0 Å². The molecule has 63 heavy (non-hydrogen) atoms. The van der Waals surface area contributed by atoms with Crippen LogP contribution in [0, 0.1) is 5.41 Å². The Morgan fingerprint density at radius 2 is 1.03 bits per heavy atom. The number of hydrogen-bond acceptors (Lipinski definition) is 4. The molecule has 0 aliphatic heterocycles. The van der Waals surface area contributed by atoms with E-state index >= 15 is 0 Å². The van der Waals surface area contributed by atoms with Crippen molar-refractivity contribution in [1.82, 2.24) is 0 Å². The number of rotatable bonds is 8. The van der Waals surface area contributed by atoms with Gasteiger partial charge in [-0.25, -0.2) is 0 Å². The third-order valence-corrected chi connectivity index (χ3v) is 12.1. The van der Waals surface area contributed by atoms with Crippen LogP contribution in [0.5, 0.6) is 0 Å². The van der Waals surface area contributed by atoms with Gasteiger partial charge in [0.15, 0.2) is 0 Å². The molecule has 0 heterocycles. The fraction of sp³-hybridized carbons (Fsp3) is 0. The molecule has 1 aliphatic carbocycles. The molecule has 2 N–H and O–H groups in total. The van der Waals surface area contributed by atoms with Crippen molar-refractivity contribution in [2.24, 2.45) is 10.1 Å². The monoisotopic (exact) mass is 804 g/mol. The summed E-state index contributed by atoms with van der Waals surface area (Å²) in [4.78, 5) is 4.64. The Labute approximate surface area is 365 Å². The third kappa shape index (κ3) is 7.00. The lowest BCUT2D eigenvalue weighted by Crippen LogP contribution is -2.13. The van der Waals surface area contributed by atoms with E-state index < -0.39 is 0 Å². The fourth-order valence-corrected chi connectivity index (χ4v) is 9.01. The number of hydrazone groups is 1. The van der Waals surface area contributed by atoms with Crippen LogP contribution in [0.1, 0.15) is 11.1 Å². The molecule has 296 valence electrons. The summed E-state index contributed by atoms with van der Waals surface area (Å²) >= 11 is 0. The zero-order chi connectivity index (χ0) is 42.3. The molecule has 0 fully saturated rings. The van der Waals surface area contributed by atoms with E-state index in [1.165, 1.54) is 60.0 Å². The summed E-state index contributed by atoms with van der Waals surface area (Å²) < 4.78 is 0. The minimum atomic E-state index is 0.333. The van der Waals surface area contributed by atoms with Crippen molar-refractivity contribution in [3.05, 3.63) is 230 Å². The quantitative estimate of drug-likeness (QED) is 0.0683. The first kappa shape index (κ1) is 37.5. The van der Waals surface area contributed by atoms with Gasteiger partial charge in [0.2, 0.25) is 0 Å². The number of anilines is 1. The Kier molecular flexibility index (Phi) is 9.44. The van der Waals surface area contributed by atoms with E-state index in [1.54, 1.807) is 0 Å². The summed E-state index contributed by atoms with van der Waals surface area (Å²) in [5.41, 5.74) is 14.5. The highest BCUT2D eigenvalue weighted by Crippen LogP contribution is 2.45. The Balaban J connectivity index is 1.02. The van der Waals surface area contributed by atoms with Gasteiger partial charge in [0, 0.05) is 11.6 Å². The Hall–Kier alpha value is -8.47. The fourth-order valence-electron chi connectivity index (χ4n) is 9.01. The lowest BCUT2D eigenvalue weighted by Gasteiger charge is -2.20. The van der Waals surface area contributed by atoms with Gasteiger partial charge >= 0.3 is 0 Å². The zero-order valence-corrected chi connectivity index (χ0v) is 34.4. The first-order chi connectivity index (χ1) is 31.1. The lowest BCUT2D eigenvalue weighted by atomic mass is 9.84. The average Bonchev–Trinajstić information content (AvgIpc) is 3.34. The van der Waals surface area contributed by atoms with Crippen LogP contribution >= 0.6 is 0 Å². The number of aliphatic imine (C=N–C) groups is 1. The maximum absolute atomic E-state index is 8.92. The molecule has 0 aromatic heterocycles. The second-order valence-electron chi connectivity index (χ2n) is 16.0. The molecule has 0 spiro atoms. The molecule has 0 unspecified atom stereocenters. The minimum absolute atomic E-state index is 0.333. The van der Waals surface area contributed by atoms with E-state index in [1.807, 2.05) is 73.0 Å². The van der Waals surface area contributed by atoms with Crippen LogP contribution in [0.25, 0.3) is 87.3 Å². The van der Waals surface area contributed by atoms with Crippen molar-refractivity contribution in [2.45, 2.75) is 0 Å². The van der Waals surface area contributed by atoms with Gasteiger partial charge in [-0.2, -0.15) is 5.10 Å². The van der Waals surface area contributed by atoms with Crippen LogP contribution in [0.4, 0.5) is 11.4 Å². The zero-order valence-electron chi connectivity index (χ0n) is 34.4. The molecule has 11 rings (SSSR count). The molecular weight excluding hydrogens is 765 g/mol. The average molecular weight is 805 g/mol. The van der Waals surface area contributed by atoms with E-state index in [0.717, 1.165) is 49.8 Å². The minimum Gasteiger partial charge on any atom is -0.299 e. The first-order valence-corrected chi connectivity index (χ1v) is 21.2. The van der Waals surface area contributed by atoms with E-state index in [0.29, 0.717) is 11.4 Å². The number of benzene rings is 10. The largest absolute Gasteiger partial charge is 0.299 e. The van der Waals surface area contributed by atoms with Crippen LogP contribution in [0.2, 0.25) is 0 Å². The van der Waals surface area contributed by atoms with Crippen molar-refractivity contribution >= 4 is 94.0 Å². The Morgan fingerprint density at radius 1 is 0.476 bits per heavy atom. The lowest BCUT2D eigenvalue weighted by molar-refractivity contribution is 1.35. The second kappa shape index (κ2) is 15.9. The van der Waals surface area contributed by atoms with Crippen LogP contribution in [-0.4, -0.2) is 17.6 Å². The molecule has 0 saturated heterocycles. The number of nitrogens with zero attached hydrogens (tertiary/aromatic N) is 2. The van der Waals surface area contributed by atoms with Crippen molar-refractivity contribution in [1.29, 1.82) is 5.41 Å². The molecule has 0 bridgehead atoms. The number of hydrogen-bond donors (Lipinski definition) is 2. The highest BCUT2D eigenvalue weighted by atomic mass is 15.3. The Bertz CT molecular complexity index is 3630. The van der Waals surface area contributed by atoms with Gasteiger partial charge in [0.05, 0.1) is 17.1 Å². The summed E-state index contributed by atoms with van der Waals surface area (Å²) in [6.45, 7) is 4.34. The van der Waals surface area contributed by atoms with Crippen molar-refractivity contribution in [2.75, 3.05) is 5.43 Å². The molecule has 0 saturated carbocycles. The molecule has 0 atom stereocenters. The first-order valence-electron chi connectivity index (χ1n) is 21.2. The van der Waals surface area contributed by atoms with Gasteiger partial charge in [0.25, 0.3) is 0 Å². The van der Waals surface area contributed by atoms with E-state index in [2.05, 4.69) is 163 Å². The molecular formula is C59H40N4. The summed E-state index contributed by atoms with van der Waals surface area (Å²) in [5.74, 6) is 0. The van der Waals surface area contributed by atoms with E-state index in [9.17, 15) is 0 Å². The van der Waals surface area contributed by atoms with Crippen LogP contribution in [-0.2, 0) is 0 Å². The van der Waals surface area contributed by atoms with E-state index in [4.69, 9.17) is 10.5 Å². The number of allylic oxidation sites excluding steroid dienone is 5. The highest BCUT2D eigenvalue weighted by molar-refractivity contribution is 6.51. The topological polar surface area (TPSA) is 60.6 Å². The van der Waals surface area contributed by atoms with Crippen molar-refractivity contribution in [3.8, 4) is 22.3 Å². The summed E-state index contributed by atoms with van der Waals surface area (Å²) in [5, 5.41) is 25.4. The van der Waals surface area contributed by atoms with Gasteiger partial charge in [-0.05, 0) is 142 Å².